The topological polar surface area (TPSA) is 84.0 Å². The molecular formula is C21H27FN4O3. The maximum atomic E-state index is 13.2. The van der Waals surface area contributed by atoms with Crippen LogP contribution >= 0.6 is 0 Å². The zero-order valence-electron chi connectivity index (χ0n) is 16.9. The number of nitrogens with zero attached hydrogens (tertiary/aromatic N) is 1. The highest BCUT2D eigenvalue weighted by molar-refractivity contribution is 5.94. The Balaban J connectivity index is 1.87. The fourth-order valence-corrected chi connectivity index (χ4v) is 2.47. The van der Waals surface area contributed by atoms with Crippen LogP contribution in [0.4, 0.5) is 10.1 Å². The summed E-state index contributed by atoms with van der Waals surface area (Å²) in [6.45, 7) is 4.85. The molecule has 0 saturated heterocycles. The summed E-state index contributed by atoms with van der Waals surface area (Å²) in [5, 5.41) is 8.82. The largest absolute Gasteiger partial charge is 0.493 e. The van der Waals surface area contributed by atoms with Crippen LogP contribution in [-0.4, -0.2) is 44.7 Å². The molecule has 0 radical (unpaired) electrons. The molecule has 0 aliphatic carbocycles. The van der Waals surface area contributed by atoms with Gasteiger partial charge >= 0.3 is 0 Å². The average molecular weight is 402 g/mol. The van der Waals surface area contributed by atoms with Crippen molar-refractivity contribution in [2.24, 2.45) is 4.99 Å². The van der Waals surface area contributed by atoms with Crippen molar-refractivity contribution in [3.05, 3.63) is 54.3 Å². The number of carbonyl (C=O) groups is 1. The first kappa shape index (κ1) is 22.0. The van der Waals surface area contributed by atoms with Crippen LogP contribution in [0.1, 0.15) is 13.8 Å². The van der Waals surface area contributed by atoms with E-state index in [0.717, 1.165) is 0 Å². The zero-order chi connectivity index (χ0) is 21.1. The van der Waals surface area contributed by atoms with Crippen molar-refractivity contribution < 1.29 is 18.7 Å². The summed E-state index contributed by atoms with van der Waals surface area (Å²) in [7, 11) is 1.59. The number of ether oxygens (including phenoxy) is 2. The van der Waals surface area contributed by atoms with Crippen molar-refractivity contribution in [3.8, 4) is 11.5 Å². The van der Waals surface area contributed by atoms with Crippen molar-refractivity contribution in [3.63, 3.8) is 0 Å². The first-order valence-corrected chi connectivity index (χ1v) is 9.39. The molecule has 0 spiro atoms. The number of para-hydroxylation sites is 2. The SMILES string of the molecule is CCNC(=NCC(=O)Nc1cccc(F)c1)NCC(C)Oc1ccccc1OC. The van der Waals surface area contributed by atoms with Gasteiger partial charge in [-0.2, -0.15) is 0 Å². The maximum Gasteiger partial charge on any atom is 0.246 e. The molecule has 29 heavy (non-hydrogen) atoms. The summed E-state index contributed by atoms with van der Waals surface area (Å²) >= 11 is 0. The van der Waals surface area contributed by atoms with Gasteiger partial charge in [-0.15, -0.1) is 0 Å². The Kier molecular flexibility index (Phi) is 8.75. The Morgan fingerprint density at radius 1 is 1.14 bits per heavy atom. The normalized spacial score (nSPS) is 12.1. The van der Waals surface area contributed by atoms with E-state index in [2.05, 4.69) is 20.9 Å². The van der Waals surface area contributed by atoms with Gasteiger partial charge in [-0.1, -0.05) is 18.2 Å². The van der Waals surface area contributed by atoms with E-state index in [1.54, 1.807) is 13.2 Å². The number of halogens is 1. The summed E-state index contributed by atoms with van der Waals surface area (Å²) in [5.74, 6) is 1.04. The summed E-state index contributed by atoms with van der Waals surface area (Å²) in [6.07, 6.45) is -0.170. The molecule has 2 aromatic rings. The highest BCUT2D eigenvalue weighted by atomic mass is 19.1. The van der Waals surface area contributed by atoms with E-state index in [4.69, 9.17) is 9.47 Å². The minimum Gasteiger partial charge on any atom is -0.493 e. The highest BCUT2D eigenvalue weighted by Gasteiger charge is 2.10. The summed E-state index contributed by atoms with van der Waals surface area (Å²) < 4.78 is 24.4. The lowest BCUT2D eigenvalue weighted by atomic mass is 10.3. The second kappa shape index (κ2) is 11.5. The molecule has 0 aromatic heterocycles. The quantitative estimate of drug-likeness (QED) is 0.444. The molecule has 3 N–H and O–H groups in total. The second-order valence-corrected chi connectivity index (χ2v) is 6.21. The molecule has 2 aromatic carbocycles. The summed E-state index contributed by atoms with van der Waals surface area (Å²) in [5.41, 5.74) is 0.391. The van der Waals surface area contributed by atoms with Gasteiger partial charge in [0.2, 0.25) is 5.91 Å². The number of methoxy groups -OCH3 is 1. The lowest BCUT2D eigenvalue weighted by Gasteiger charge is -2.19. The van der Waals surface area contributed by atoms with E-state index >= 15 is 0 Å². The Hall–Kier alpha value is -3.29. The average Bonchev–Trinajstić information content (AvgIpc) is 2.70. The van der Waals surface area contributed by atoms with E-state index in [-0.39, 0.29) is 18.6 Å². The van der Waals surface area contributed by atoms with E-state index < -0.39 is 5.82 Å². The van der Waals surface area contributed by atoms with Crippen LogP contribution in [0.3, 0.4) is 0 Å². The summed E-state index contributed by atoms with van der Waals surface area (Å²) in [4.78, 5) is 16.3. The lowest BCUT2D eigenvalue weighted by Crippen LogP contribution is -2.42. The molecule has 1 unspecified atom stereocenters. The number of amides is 1. The van der Waals surface area contributed by atoms with Gasteiger partial charge in [0.1, 0.15) is 18.5 Å². The molecule has 1 amide bonds. The fraction of sp³-hybridized carbons (Fsp3) is 0.333. The third-order valence-electron chi connectivity index (χ3n) is 3.79. The van der Waals surface area contributed by atoms with E-state index in [1.165, 1.54) is 18.2 Å². The number of hydrogen-bond acceptors (Lipinski definition) is 4. The van der Waals surface area contributed by atoms with E-state index in [1.807, 2.05) is 38.1 Å². The number of carbonyl (C=O) groups excluding carboxylic acids is 1. The van der Waals surface area contributed by atoms with Crippen LogP contribution in [0, 0.1) is 5.82 Å². The molecular weight excluding hydrogens is 375 g/mol. The molecule has 2 rings (SSSR count). The van der Waals surface area contributed by atoms with Gasteiger partial charge in [0.05, 0.1) is 13.7 Å². The standard InChI is InChI=1S/C21H27FN4O3/c1-4-23-21(25-14-20(27)26-17-9-7-8-16(22)12-17)24-13-15(2)29-19-11-6-5-10-18(19)28-3/h5-12,15H,4,13-14H2,1-3H3,(H,26,27)(H2,23,24,25). The Morgan fingerprint density at radius 2 is 1.90 bits per heavy atom. The minimum absolute atomic E-state index is 0.104. The monoisotopic (exact) mass is 402 g/mol. The smallest absolute Gasteiger partial charge is 0.246 e. The lowest BCUT2D eigenvalue weighted by molar-refractivity contribution is -0.114. The van der Waals surface area contributed by atoms with Crippen LogP contribution in [0.2, 0.25) is 0 Å². The number of guanidine groups is 1. The highest BCUT2D eigenvalue weighted by Crippen LogP contribution is 2.26. The maximum absolute atomic E-state index is 13.2. The Morgan fingerprint density at radius 3 is 2.59 bits per heavy atom. The minimum atomic E-state index is -0.412. The van der Waals surface area contributed by atoms with E-state index in [9.17, 15) is 9.18 Å². The van der Waals surface area contributed by atoms with E-state index in [0.29, 0.717) is 36.2 Å². The van der Waals surface area contributed by atoms with Crippen molar-refractivity contribution in [1.29, 1.82) is 0 Å². The van der Waals surface area contributed by atoms with Gasteiger partial charge in [-0.05, 0) is 44.2 Å². The van der Waals surface area contributed by atoms with Gasteiger partial charge in [0.25, 0.3) is 0 Å². The molecule has 156 valence electrons. The number of rotatable bonds is 9. The molecule has 0 bridgehead atoms. The van der Waals surface area contributed by atoms with Crippen molar-refractivity contribution in [2.75, 3.05) is 32.1 Å². The third-order valence-corrected chi connectivity index (χ3v) is 3.79. The molecule has 8 heteroatoms. The number of nitrogens with one attached hydrogen (secondary N) is 3. The molecule has 0 aliphatic rings. The molecule has 0 aliphatic heterocycles. The van der Waals surface area contributed by atoms with Gasteiger partial charge in [-0.25, -0.2) is 9.38 Å². The van der Waals surface area contributed by atoms with Crippen molar-refractivity contribution >= 4 is 17.6 Å². The first-order chi connectivity index (χ1) is 14.0. The molecule has 0 saturated carbocycles. The van der Waals surface area contributed by atoms with Gasteiger partial charge in [0, 0.05) is 12.2 Å². The van der Waals surface area contributed by atoms with Crippen LogP contribution in [-0.2, 0) is 4.79 Å². The van der Waals surface area contributed by atoms with Crippen molar-refractivity contribution in [1.82, 2.24) is 10.6 Å². The van der Waals surface area contributed by atoms with Crippen LogP contribution in [0.5, 0.6) is 11.5 Å². The van der Waals surface area contributed by atoms with Gasteiger partial charge < -0.3 is 25.4 Å². The predicted molar refractivity (Wildman–Crippen MR) is 112 cm³/mol. The van der Waals surface area contributed by atoms with Crippen LogP contribution in [0.25, 0.3) is 0 Å². The molecule has 7 nitrogen and oxygen atoms in total. The summed E-state index contributed by atoms with van der Waals surface area (Å²) in [6, 6.07) is 13.1. The number of anilines is 1. The zero-order valence-corrected chi connectivity index (χ0v) is 16.9. The Labute approximate surface area is 170 Å². The van der Waals surface area contributed by atoms with Crippen molar-refractivity contribution in [2.45, 2.75) is 20.0 Å². The van der Waals surface area contributed by atoms with Crippen LogP contribution < -0.4 is 25.4 Å². The Bertz CT molecular complexity index is 829. The molecule has 0 heterocycles. The van der Waals surface area contributed by atoms with Crippen LogP contribution in [0.15, 0.2) is 53.5 Å². The number of aliphatic imine (C=N–C) groups is 1. The molecule has 0 fully saturated rings. The third kappa shape index (κ3) is 7.69. The van der Waals surface area contributed by atoms with Gasteiger partial charge in [0.15, 0.2) is 17.5 Å². The molecule has 1 atom stereocenters. The number of benzene rings is 2. The fourth-order valence-electron chi connectivity index (χ4n) is 2.47. The predicted octanol–water partition coefficient (Wildman–Crippen LogP) is 2.80. The number of hydrogen-bond donors (Lipinski definition) is 3. The van der Waals surface area contributed by atoms with Gasteiger partial charge in [-0.3, -0.25) is 4.79 Å². The first-order valence-electron chi connectivity index (χ1n) is 9.39. The second-order valence-electron chi connectivity index (χ2n) is 6.21.